The third kappa shape index (κ3) is 2.83. The van der Waals surface area contributed by atoms with Crippen LogP contribution in [0.4, 0.5) is 0 Å². The Balaban J connectivity index is 1.88. The van der Waals surface area contributed by atoms with Gasteiger partial charge in [0.25, 0.3) is 5.91 Å². The fourth-order valence-electron chi connectivity index (χ4n) is 2.80. The quantitative estimate of drug-likeness (QED) is 0.916. The molecule has 1 aromatic heterocycles. The van der Waals surface area contributed by atoms with E-state index in [9.17, 15) is 9.90 Å². The van der Waals surface area contributed by atoms with Crippen LogP contribution in [-0.4, -0.2) is 44.2 Å². The minimum atomic E-state index is -0.800. The van der Waals surface area contributed by atoms with Gasteiger partial charge < -0.3 is 10.0 Å². The van der Waals surface area contributed by atoms with E-state index in [0.29, 0.717) is 18.8 Å². The first-order valence-corrected chi connectivity index (χ1v) is 7.16. The summed E-state index contributed by atoms with van der Waals surface area (Å²) in [5.74, 6) is -0.0867. The molecule has 0 radical (unpaired) electrons. The summed E-state index contributed by atoms with van der Waals surface area (Å²) >= 11 is 0. The van der Waals surface area contributed by atoms with Crippen molar-refractivity contribution in [3.05, 3.63) is 48.5 Å². The number of carbonyl (C=O) groups excluding carboxylic acids is 1. The maximum Gasteiger partial charge on any atom is 0.272 e. The fourth-order valence-corrected chi connectivity index (χ4v) is 2.80. The van der Waals surface area contributed by atoms with Gasteiger partial charge in [0.15, 0.2) is 0 Å². The molecule has 0 bridgehead atoms. The van der Waals surface area contributed by atoms with Gasteiger partial charge in [-0.05, 0) is 31.9 Å². The molecule has 1 fully saturated rings. The Labute approximate surface area is 123 Å². The fraction of sp³-hybridized carbons (Fsp3) is 0.375. The zero-order chi connectivity index (χ0) is 14.9. The van der Waals surface area contributed by atoms with Gasteiger partial charge in [-0.25, -0.2) is 4.98 Å². The van der Waals surface area contributed by atoms with Crippen molar-refractivity contribution in [2.45, 2.75) is 25.4 Å². The number of aromatic nitrogens is 2. The molecule has 1 unspecified atom stereocenters. The van der Waals surface area contributed by atoms with E-state index in [0.717, 1.165) is 18.5 Å². The molecule has 5 nitrogen and oxygen atoms in total. The number of β-amino-alcohol motifs (C(OH)–C–C–N with tert-alkyl or cyclic N) is 1. The van der Waals surface area contributed by atoms with Crippen molar-refractivity contribution in [1.29, 1.82) is 0 Å². The summed E-state index contributed by atoms with van der Waals surface area (Å²) in [7, 11) is 0. The summed E-state index contributed by atoms with van der Waals surface area (Å²) < 4.78 is 1.78. The molecule has 5 heteroatoms. The highest BCUT2D eigenvalue weighted by Gasteiger charge is 2.32. The Kier molecular flexibility index (Phi) is 3.51. The molecule has 1 amide bonds. The SMILES string of the molecule is CC1(O)CCCN(C(=O)c2cncn2-c2ccccc2)C1. The zero-order valence-electron chi connectivity index (χ0n) is 12.1. The summed E-state index contributed by atoms with van der Waals surface area (Å²) in [5.41, 5.74) is 0.631. The third-order valence-corrected chi connectivity index (χ3v) is 3.85. The number of aliphatic hydroxyl groups is 1. The summed E-state index contributed by atoms with van der Waals surface area (Å²) in [6.07, 6.45) is 4.77. The molecule has 1 atom stereocenters. The third-order valence-electron chi connectivity index (χ3n) is 3.85. The highest BCUT2D eigenvalue weighted by Crippen LogP contribution is 2.22. The van der Waals surface area contributed by atoms with Gasteiger partial charge >= 0.3 is 0 Å². The molecule has 2 heterocycles. The van der Waals surface area contributed by atoms with Crippen molar-refractivity contribution in [2.75, 3.05) is 13.1 Å². The first-order chi connectivity index (χ1) is 10.1. The van der Waals surface area contributed by atoms with Crippen molar-refractivity contribution in [1.82, 2.24) is 14.5 Å². The molecule has 0 saturated carbocycles. The van der Waals surface area contributed by atoms with Gasteiger partial charge in [-0.1, -0.05) is 18.2 Å². The van der Waals surface area contributed by atoms with Crippen molar-refractivity contribution < 1.29 is 9.90 Å². The van der Waals surface area contributed by atoms with Crippen LogP contribution in [0.1, 0.15) is 30.3 Å². The molecule has 1 aromatic carbocycles. The lowest BCUT2D eigenvalue weighted by Crippen LogP contribution is -2.48. The molecule has 1 aliphatic heterocycles. The number of carbonyl (C=O) groups is 1. The van der Waals surface area contributed by atoms with E-state index in [2.05, 4.69) is 4.98 Å². The smallest absolute Gasteiger partial charge is 0.272 e. The van der Waals surface area contributed by atoms with E-state index in [-0.39, 0.29) is 5.91 Å². The maximum atomic E-state index is 12.7. The molecule has 1 aliphatic rings. The molecule has 2 aromatic rings. The summed E-state index contributed by atoms with van der Waals surface area (Å²) in [5, 5.41) is 10.2. The van der Waals surface area contributed by atoms with E-state index < -0.39 is 5.60 Å². The van der Waals surface area contributed by atoms with Gasteiger partial charge in [-0.15, -0.1) is 0 Å². The van der Waals surface area contributed by atoms with Crippen LogP contribution < -0.4 is 0 Å². The molecule has 3 rings (SSSR count). The van der Waals surface area contributed by atoms with Gasteiger partial charge in [0.1, 0.15) is 5.69 Å². The number of hydrogen-bond donors (Lipinski definition) is 1. The topological polar surface area (TPSA) is 58.4 Å². The Morgan fingerprint density at radius 3 is 2.81 bits per heavy atom. The maximum absolute atomic E-state index is 12.7. The summed E-state index contributed by atoms with van der Waals surface area (Å²) in [4.78, 5) is 18.5. The number of imidazole rings is 1. The Bertz CT molecular complexity index is 634. The number of rotatable bonds is 2. The predicted octanol–water partition coefficient (Wildman–Crippen LogP) is 1.86. The largest absolute Gasteiger partial charge is 0.388 e. The van der Waals surface area contributed by atoms with Crippen LogP contribution in [-0.2, 0) is 0 Å². The van der Waals surface area contributed by atoms with Crippen LogP contribution in [0.15, 0.2) is 42.9 Å². The second-order valence-corrected chi connectivity index (χ2v) is 5.81. The van der Waals surface area contributed by atoms with E-state index >= 15 is 0 Å². The molecular weight excluding hydrogens is 266 g/mol. The molecule has 1 saturated heterocycles. The molecule has 0 aliphatic carbocycles. The lowest BCUT2D eigenvalue weighted by molar-refractivity contribution is -0.0110. The second-order valence-electron chi connectivity index (χ2n) is 5.81. The molecule has 21 heavy (non-hydrogen) atoms. The average molecular weight is 285 g/mol. The van der Waals surface area contributed by atoms with E-state index in [1.54, 1.807) is 28.9 Å². The zero-order valence-corrected chi connectivity index (χ0v) is 12.1. The van der Waals surface area contributed by atoms with Crippen LogP contribution in [0.3, 0.4) is 0 Å². The van der Waals surface area contributed by atoms with Gasteiger partial charge in [-0.2, -0.15) is 0 Å². The number of piperidine rings is 1. The minimum Gasteiger partial charge on any atom is -0.388 e. The monoisotopic (exact) mass is 285 g/mol. The lowest BCUT2D eigenvalue weighted by atomic mass is 9.95. The molecular formula is C16H19N3O2. The minimum absolute atomic E-state index is 0.0867. The average Bonchev–Trinajstić information content (AvgIpc) is 2.95. The van der Waals surface area contributed by atoms with Crippen LogP contribution in [0.25, 0.3) is 5.69 Å². The van der Waals surface area contributed by atoms with Crippen molar-refractivity contribution in [3.8, 4) is 5.69 Å². The Morgan fingerprint density at radius 1 is 1.33 bits per heavy atom. The first-order valence-electron chi connectivity index (χ1n) is 7.16. The normalized spacial score (nSPS) is 22.3. The van der Waals surface area contributed by atoms with E-state index in [1.807, 2.05) is 30.3 Å². The number of para-hydroxylation sites is 1. The Morgan fingerprint density at radius 2 is 2.10 bits per heavy atom. The van der Waals surface area contributed by atoms with Gasteiger partial charge in [-0.3, -0.25) is 9.36 Å². The van der Waals surface area contributed by atoms with Gasteiger partial charge in [0.2, 0.25) is 0 Å². The lowest BCUT2D eigenvalue weighted by Gasteiger charge is -2.36. The Hall–Kier alpha value is -2.14. The number of hydrogen-bond acceptors (Lipinski definition) is 3. The first kappa shape index (κ1) is 13.8. The standard InChI is InChI=1S/C16H19N3O2/c1-16(21)8-5-9-18(11-16)15(20)14-10-17-12-19(14)13-6-3-2-4-7-13/h2-4,6-7,10,12,21H,5,8-9,11H2,1H3. The van der Waals surface area contributed by atoms with Gasteiger partial charge in [0.05, 0.1) is 18.1 Å². The number of likely N-dealkylation sites (tertiary alicyclic amines) is 1. The van der Waals surface area contributed by atoms with Crippen molar-refractivity contribution in [2.24, 2.45) is 0 Å². The van der Waals surface area contributed by atoms with Gasteiger partial charge in [0, 0.05) is 18.8 Å². The second kappa shape index (κ2) is 5.33. The molecule has 1 N–H and O–H groups in total. The number of benzene rings is 1. The van der Waals surface area contributed by atoms with Crippen LogP contribution >= 0.6 is 0 Å². The van der Waals surface area contributed by atoms with Crippen molar-refractivity contribution in [3.63, 3.8) is 0 Å². The van der Waals surface area contributed by atoms with Crippen LogP contribution in [0.2, 0.25) is 0 Å². The van der Waals surface area contributed by atoms with Crippen LogP contribution in [0.5, 0.6) is 0 Å². The van der Waals surface area contributed by atoms with E-state index in [4.69, 9.17) is 0 Å². The number of amides is 1. The molecule has 0 spiro atoms. The highest BCUT2D eigenvalue weighted by atomic mass is 16.3. The molecule has 110 valence electrons. The van der Waals surface area contributed by atoms with Crippen LogP contribution in [0, 0.1) is 0 Å². The van der Waals surface area contributed by atoms with Crippen molar-refractivity contribution >= 4 is 5.91 Å². The number of nitrogens with zero attached hydrogens (tertiary/aromatic N) is 3. The van der Waals surface area contributed by atoms with E-state index in [1.165, 1.54) is 0 Å². The predicted molar refractivity (Wildman–Crippen MR) is 79.3 cm³/mol. The highest BCUT2D eigenvalue weighted by molar-refractivity contribution is 5.93. The summed E-state index contributed by atoms with van der Waals surface area (Å²) in [6, 6.07) is 9.66. The summed E-state index contributed by atoms with van der Waals surface area (Å²) in [6.45, 7) is 2.82.